The maximum absolute atomic E-state index is 5.38. The molecule has 0 aliphatic carbocycles. The fourth-order valence-corrected chi connectivity index (χ4v) is 0.459. The van der Waals surface area contributed by atoms with Crippen molar-refractivity contribution in [3.8, 4) is 0 Å². The molecule has 1 aromatic rings. The van der Waals surface area contributed by atoms with E-state index in [9.17, 15) is 0 Å². The summed E-state index contributed by atoms with van der Waals surface area (Å²) in [6.07, 6.45) is 3.78. The van der Waals surface area contributed by atoms with Gasteiger partial charge in [-0.2, -0.15) is 0 Å². The van der Waals surface area contributed by atoms with Crippen molar-refractivity contribution in [2.24, 2.45) is 0 Å². The maximum Gasteiger partial charge on any atom is 0.167 e. The molecule has 0 N–H and O–H groups in total. The van der Waals surface area contributed by atoms with Crippen LogP contribution in [0.2, 0.25) is 10.3 Å². The molecule has 0 amide bonds. The van der Waals surface area contributed by atoms with Gasteiger partial charge in [-0.3, -0.25) is 0 Å². The molecule has 8 heavy (non-hydrogen) atoms. The second-order valence-corrected chi connectivity index (χ2v) is 1.80. The zero-order chi connectivity index (χ0) is 5.98. The van der Waals surface area contributed by atoms with Gasteiger partial charge in [0.15, 0.2) is 10.3 Å². The normalized spacial score (nSPS) is 9.25. The summed E-state index contributed by atoms with van der Waals surface area (Å²) in [4.78, 5) is 7.12. The average Bonchev–Trinajstić information content (AvgIpc) is 1.77. The van der Waals surface area contributed by atoms with Crippen LogP contribution in [-0.2, 0) is 0 Å². The highest BCUT2D eigenvalue weighted by Gasteiger charge is 1.93. The number of halogens is 2. The van der Waals surface area contributed by atoms with Crippen LogP contribution >= 0.6 is 23.2 Å². The summed E-state index contributed by atoms with van der Waals surface area (Å²) >= 11 is 10.8. The molecule has 0 fully saturated rings. The summed E-state index contributed by atoms with van der Waals surface area (Å²) in [7, 11) is 0. The minimum atomic E-state index is 0.189. The lowest BCUT2D eigenvalue weighted by Gasteiger charge is -1.85. The van der Waals surface area contributed by atoms with E-state index in [4.69, 9.17) is 23.2 Å². The van der Waals surface area contributed by atoms with Gasteiger partial charge in [0.05, 0.1) is 6.20 Å². The van der Waals surface area contributed by atoms with Crippen molar-refractivity contribution < 1.29 is 0 Å². The Hall–Kier alpha value is -0.340. The molecule has 4 heteroatoms. The number of hydrogen-bond acceptors (Lipinski definition) is 2. The topological polar surface area (TPSA) is 25.8 Å². The lowest BCUT2D eigenvalue weighted by molar-refractivity contribution is 1.19. The van der Waals surface area contributed by atoms with Crippen molar-refractivity contribution in [3.63, 3.8) is 0 Å². The Morgan fingerprint density at radius 2 is 2.12 bits per heavy atom. The van der Waals surface area contributed by atoms with E-state index in [1.54, 1.807) is 0 Å². The van der Waals surface area contributed by atoms with Gasteiger partial charge in [-0.25, -0.2) is 9.97 Å². The van der Waals surface area contributed by atoms with Crippen molar-refractivity contribution >= 4 is 23.2 Å². The van der Waals surface area contributed by atoms with E-state index in [1.165, 1.54) is 6.20 Å². The van der Waals surface area contributed by atoms with Crippen LogP contribution in [0.15, 0.2) is 6.20 Å². The molecular weight excluding hydrogens is 147 g/mol. The predicted molar refractivity (Wildman–Crippen MR) is 30.9 cm³/mol. The molecule has 0 saturated carbocycles. The molecule has 2 nitrogen and oxygen atoms in total. The summed E-state index contributed by atoms with van der Waals surface area (Å²) in [5.41, 5.74) is 0. The standard InChI is InChI=1S/C4HCl2N2/c5-3-4(6)8-2-1-7-3/h1H. The molecule has 0 unspecified atom stereocenters. The molecule has 0 saturated heterocycles. The van der Waals surface area contributed by atoms with Crippen LogP contribution in [0.4, 0.5) is 0 Å². The zero-order valence-electron chi connectivity index (χ0n) is 3.73. The minimum Gasteiger partial charge on any atom is -0.239 e. The monoisotopic (exact) mass is 147 g/mol. The van der Waals surface area contributed by atoms with Gasteiger partial charge in [-0.1, -0.05) is 23.2 Å². The van der Waals surface area contributed by atoms with E-state index < -0.39 is 0 Å². The van der Waals surface area contributed by atoms with Gasteiger partial charge in [0.25, 0.3) is 0 Å². The first-order valence-corrected chi connectivity index (χ1v) is 2.60. The van der Waals surface area contributed by atoms with Gasteiger partial charge in [0.1, 0.15) is 6.20 Å². The summed E-state index contributed by atoms with van der Waals surface area (Å²) in [6.45, 7) is 0. The third-order valence-corrected chi connectivity index (χ3v) is 1.21. The van der Waals surface area contributed by atoms with Crippen molar-refractivity contribution in [3.05, 3.63) is 22.7 Å². The molecule has 1 rings (SSSR count). The SMILES string of the molecule is Clc1n[c]cnc1Cl. The summed E-state index contributed by atoms with van der Waals surface area (Å²) in [5, 5.41) is 0.402. The Morgan fingerprint density at radius 3 is 2.50 bits per heavy atom. The van der Waals surface area contributed by atoms with Gasteiger partial charge in [-0.05, 0) is 0 Å². The molecule has 41 valence electrons. The first kappa shape index (κ1) is 5.79. The first-order valence-electron chi connectivity index (χ1n) is 1.85. The van der Waals surface area contributed by atoms with Gasteiger partial charge in [0.2, 0.25) is 0 Å². The lowest BCUT2D eigenvalue weighted by Crippen LogP contribution is -1.78. The number of rotatable bonds is 0. The molecule has 0 bridgehead atoms. The van der Waals surface area contributed by atoms with Crippen LogP contribution in [0.3, 0.4) is 0 Å². The Bertz CT molecular complexity index is 168. The van der Waals surface area contributed by atoms with Crippen molar-refractivity contribution in [2.75, 3.05) is 0 Å². The molecule has 0 aliphatic heterocycles. The highest BCUT2D eigenvalue weighted by molar-refractivity contribution is 6.40. The second-order valence-electron chi connectivity index (χ2n) is 1.08. The maximum atomic E-state index is 5.38. The van der Waals surface area contributed by atoms with Crippen molar-refractivity contribution in [1.29, 1.82) is 0 Å². The number of nitrogens with zero attached hydrogens (tertiary/aromatic N) is 2. The minimum absolute atomic E-state index is 0.189. The van der Waals surface area contributed by atoms with Gasteiger partial charge >= 0.3 is 0 Å². The van der Waals surface area contributed by atoms with Crippen molar-refractivity contribution in [2.45, 2.75) is 0 Å². The van der Waals surface area contributed by atoms with Gasteiger partial charge in [-0.15, -0.1) is 0 Å². The number of hydrogen-bond donors (Lipinski definition) is 0. The molecule has 0 atom stereocenters. The first-order chi connectivity index (χ1) is 3.80. The quantitative estimate of drug-likeness (QED) is 0.558. The molecule has 1 heterocycles. The van der Waals surface area contributed by atoms with E-state index in [0.717, 1.165) is 0 Å². The highest BCUT2D eigenvalue weighted by atomic mass is 35.5. The molecule has 0 aliphatic rings. The second kappa shape index (κ2) is 2.29. The van der Waals surface area contributed by atoms with Crippen LogP contribution in [-0.4, -0.2) is 9.97 Å². The summed E-state index contributed by atoms with van der Waals surface area (Å²) in [6, 6.07) is 0. The van der Waals surface area contributed by atoms with E-state index >= 15 is 0 Å². The van der Waals surface area contributed by atoms with Crippen LogP contribution in [0.25, 0.3) is 0 Å². The lowest BCUT2D eigenvalue weighted by atomic mass is 10.8. The smallest absolute Gasteiger partial charge is 0.167 e. The van der Waals surface area contributed by atoms with Crippen LogP contribution in [0, 0.1) is 6.20 Å². The van der Waals surface area contributed by atoms with Crippen LogP contribution < -0.4 is 0 Å². The zero-order valence-corrected chi connectivity index (χ0v) is 5.24. The summed E-state index contributed by atoms with van der Waals surface area (Å²) in [5.74, 6) is 0. The molecule has 0 spiro atoms. The Balaban J connectivity index is 3.13. The van der Waals surface area contributed by atoms with Crippen LogP contribution in [0.1, 0.15) is 0 Å². The van der Waals surface area contributed by atoms with Gasteiger partial charge < -0.3 is 0 Å². The van der Waals surface area contributed by atoms with Gasteiger partial charge in [0, 0.05) is 0 Å². The third-order valence-electron chi connectivity index (χ3n) is 0.569. The predicted octanol–water partition coefficient (Wildman–Crippen LogP) is 1.58. The van der Waals surface area contributed by atoms with E-state index in [2.05, 4.69) is 16.2 Å². The molecule has 1 radical (unpaired) electrons. The van der Waals surface area contributed by atoms with E-state index in [1.807, 2.05) is 0 Å². The third kappa shape index (κ3) is 1.08. The largest absolute Gasteiger partial charge is 0.239 e. The summed E-state index contributed by atoms with van der Waals surface area (Å²) < 4.78 is 0. The molecular formula is C4HCl2N2. The molecule has 0 aromatic carbocycles. The van der Waals surface area contributed by atoms with E-state index in [0.29, 0.717) is 0 Å². The Morgan fingerprint density at radius 1 is 1.38 bits per heavy atom. The van der Waals surface area contributed by atoms with E-state index in [-0.39, 0.29) is 10.3 Å². The molecule has 1 aromatic heterocycles. The Kier molecular flexibility index (Phi) is 1.65. The number of aromatic nitrogens is 2. The van der Waals surface area contributed by atoms with Crippen LogP contribution in [0.5, 0.6) is 0 Å². The van der Waals surface area contributed by atoms with Crippen molar-refractivity contribution in [1.82, 2.24) is 9.97 Å². The average molecular weight is 148 g/mol. The fraction of sp³-hybridized carbons (Fsp3) is 0. The fourth-order valence-electron chi connectivity index (χ4n) is 0.270. The highest BCUT2D eigenvalue weighted by Crippen LogP contribution is 2.12. The Labute approximate surface area is 56.5 Å².